The molecule has 0 saturated carbocycles. The van der Waals surface area contributed by atoms with Crippen LogP contribution in [0, 0.1) is 0 Å². The summed E-state index contributed by atoms with van der Waals surface area (Å²) in [4.78, 5) is 24.5. The monoisotopic (exact) mass is 476 g/mol. The maximum Gasteiger partial charge on any atom is 0.343 e. The summed E-state index contributed by atoms with van der Waals surface area (Å²) in [6.07, 6.45) is 1.43. The van der Waals surface area contributed by atoms with Crippen LogP contribution in [0.5, 0.6) is 11.5 Å². The number of benzene rings is 3. The van der Waals surface area contributed by atoms with Crippen LogP contribution in [-0.4, -0.2) is 25.2 Å². The molecule has 9 heteroatoms. The minimum Gasteiger partial charge on any atom is -0.493 e. The lowest BCUT2D eigenvalue weighted by molar-refractivity contribution is 0.0729. The van der Waals surface area contributed by atoms with Gasteiger partial charge in [-0.25, -0.2) is 10.2 Å². The average Bonchev–Trinajstić information content (AvgIpc) is 2.76. The fourth-order valence-electron chi connectivity index (χ4n) is 2.49. The fourth-order valence-corrected chi connectivity index (χ4v) is 2.98. The molecule has 6 nitrogen and oxygen atoms in total. The molecule has 31 heavy (non-hydrogen) atoms. The van der Waals surface area contributed by atoms with Crippen molar-refractivity contribution >= 4 is 52.9 Å². The number of ether oxygens (including phenoxy) is 2. The van der Waals surface area contributed by atoms with Gasteiger partial charge in [0.25, 0.3) is 5.91 Å². The number of halogens is 3. The standard InChI is InChI=1S/C22H15Cl3N2O4/c1-30-20-9-13(12-26-27-21(28)14-3-2-4-16(23)10-14)5-8-19(20)31-22(29)15-6-7-17(24)18(25)11-15/h2-12H,1H3,(H,27,28)/b26-12-. The molecule has 3 aromatic carbocycles. The van der Waals surface area contributed by atoms with Gasteiger partial charge in [-0.3, -0.25) is 4.79 Å². The Morgan fingerprint density at radius 2 is 1.71 bits per heavy atom. The summed E-state index contributed by atoms with van der Waals surface area (Å²) in [5.74, 6) is -0.512. The lowest BCUT2D eigenvalue weighted by Crippen LogP contribution is -2.17. The molecule has 0 aromatic heterocycles. The summed E-state index contributed by atoms with van der Waals surface area (Å²) >= 11 is 17.7. The third-order valence-corrected chi connectivity index (χ3v) is 4.99. The Hall–Kier alpha value is -3.06. The Balaban J connectivity index is 1.69. The highest BCUT2D eigenvalue weighted by atomic mass is 35.5. The lowest BCUT2D eigenvalue weighted by Gasteiger charge is -2.10. The van der Waals surface area contributed by atoms with Gasteiger partial charge < -0.3 is 9.47 Å². The van der Waals surface area contributed by atoms with Gasteiger partial charge in [-0.2, -0.15) is 5.10 Å². The van der Waals surface area contributed by atoms with E-state index in [1.165, 1.54) is 37.6 Å². The van der Waals surface area contributed by atoms with Crippen molar-refractivity contribution < 1.29 is 19.1 Å². The molecule has 0 aliphatic carbocycles. The predicted octanol–water partition coefficient (Wildman–Crippen LogP) is 5.64. The number of carbonyl (C=O) groups excluding carboxylic acids is 2. The van der Waals surface area contributed by atoms with Crippen LogP contribution in [0.2, 0.25) is 15.1 Å². The van der Waals surface area contributed by atoms with E-state index in [9.17, 15) is 9.59 Å². The second-order valence-electron chi connectivity index (χ2n) is 6.14. The molecule has 0 atom stereocenters. The zero-order valence-corrected chi connectivity index (χ0v) is 18.3. The van der Waals surface area contributed by atoms with Crippen LogP contribution in [0.25, 0.3) is 0 Å². The van der Waals surface area contributed by atoms with E-state index < -0.39 is 11.9 Å². The number of amides is 1. The average molecular weight is 478 g/mol. The quantitative estimate of drug-likeness (QED) is 0.216. The highest BCUT2D eigenvalue weighted by molar-refractivity contribution is 6.42. The number of rotatable bonds is 6. The van der Waals surface area contributed by atoms with Crippen molar-refractivity contribution in [2.45, 2.75) is 0 Å². The van der Waals surface area contributed by atoms with Gasteiger partial charge >= 0.3 is 5.97 Å². The van der Waals surface area contributed by atoms with E-state index in [0.717, 1.165) is 0 Å². The van der Waals surface area contributed by atoms with Gasteiger partial charge in [0.2, 0.25) is 0 Å². The summed E-state index contributed by atoms with van der Waals surface area (Å²) in [6.45, 7) is 0. The second-order valence-corrected chi connectivity index (χ2v) is 7.39. The van der Waals surface area contributed by atoms with Gasteiger partial charge in [0, 0.05) is 10.6 Å². The molecule has 3 rings (SSSR count). The number of methoxy groups -OCH3 is 1. The van der Waals surface area contributed by atoms with Crippen molar-refractivity contribution in [3.05, 3.63) is 92.4 Å². The molecule has 0 radical (unpaired) electrons. The number of hydrogen-bond acceptors (Lipinski definition) is 5. The molecular formula is C22H15Cl3N2O4. The van der Waals surface area contributed by atoms with Crippen LogP contribution in [0.3, 0.4) is 0 Å². The van der Waals surface area contributed by atoms with E-state index in [1.807, 2.05) is 0 Å². The van der Waals surface area contributed by atoms with Crippen LogP contribution in [0.1, 0.15) is 26.3 Å². The highest BCUT2D eigenvalue weighted by Crippen LogP contribution is 2.29. The second kappa shape index (κ2) is 10.3. The summed E-state index contributed by atoms with van der Waals surface area (Å²) in [7, 11) is 1.44. The Bertz CT molecular complexity index is 1170. The first-order valence-corrected chi connectivity index (χ1v) is 9.95. The number of hydrazone groups is 1. The van der Waals surface area contributed by atoms with Gasteiger partial charge in [0.15, 0.2) is 11.5 Å². The molecule has 0 saturated heterocycles. The number of carbonyl (C=O) groups is 2. The Labute approximate surface area is 193 Å². The largest absolute Gasteiger partial charge is 0.493 e. The molecule has 1 N–H and O–H groups in total. The van der Waals surface area contributed by atoms with E-state index in [-0.39, 0.29) is 16.3 Å². The van der Waals surface area contributed by atoms with E-state index in [4.69, 9.17) is 44.3 Å². The predicted molar refractivity (Wildman–Crippen MR) is 121 cm³/mol. The van der Waals surface area contributed by atoms with Gasteiger partial charge in [-0.1, -0.05) is 40.9 Å². The molecule has 158 valence electrons. The summed E-state index contributed by atoms with van der Waals surface area (Å²) in [5.41, 5.74) is 3.64. The van der Waals surface area contributed by atoms with E-state index in [2.05, 4.69) is 10.5 Å². The van der Waals surface area contributed by atoms with Crippen molar-refractivity contribution in [1.82, 2.24) is 5.43 Å². The molecular weight excluding hydrogens is 463 g/mol. The maximum absolute atomic E-state index is 12.4. The first-order valence-electron chi connectivity index (χ1n) is 8.81. The van der Waals surface area contributed by atoms with Gasteiger partial charge in [-0.15, -0.1) is 0 Å². The molecule has 0 bridgehead atoms. The topological polar surface area (TPSA) is 77.0 Å². The van der Waals surface area contributed by atoms with E-state index >= 15 is 0 Å². The van der Waals surface area contributed by atoms with Crippen molar-refractivity contribution in [2.24, 2.45) is 5.10 Å². The lowest BCUT2D eigenvalue weighted by atomic mass is 10.2. The molecule has 0 heterocycles. The van der Waals surface area contributed by atoms with Crippen LogP contribution >= 0.6 is 34.8 Å². The van der Waals surface area contributed by atoms with Gasteiger partial charge in [0.1, 0.15) is 0 Å². The van der Waals surface area contributed by atoms with E-state index in [1.54, 1.807) is 36.4 Å². The number of hydrogen-bond donors (Lipinski definition) is 1. The Morgan fingerprint density at radius 1 is 0.903 bits per heavy atom. The van der Waals surface area contributed by atoms with Crippen molar-refractivity contribution in [3.8, 4) is 11.5 Å². The summed E-state index contributed by atoms with van der Waals surface area (Å²) in [5, 5.41) is 4.95. The number of nitrogens with one attached hydrogen (secondary N) is 1. The summed E-state index contributed by atoms with van der Waals surface area (Å²) < 4.78 is 10.7. The zero-order chi connectivity index (χ0) is 22.4. The van der Waals surface area contributed by atoms with Crippen molar-refractivity contribution in [2.75, 3.05) is 7.11 Å². The first-order chi connectivity index (χ1) is 14.9. The van der Waals surface area contributed by atoms with Crippen molar-refractivity contribution in [3.63, 3.8) is 0 Å². The van der Waals surface area contributed by atoms with Crippen LogP contribution in [0.15, 0.2) is 65.8 Å². The van der Waals surface area contributed by atoms with Gasteiger partial charge in [-0.05, 0) is 60.2 Å². The number of nitrogens with zero attached hydrogens (tertiary/aromatic N) is 1. The number of esters is 1. The minimum atomic E-state index is -0.618. The molecule has 0 spiro atoms. The fraction of sp³-hybridized carbons (Fsp3) is 0.0455. The van der Waals surface area contributed by atoms with Crippen LogP contribution < -0.4 is 14.9 Å². The first kappa shape index (κ1) is 22.6. The maximum atomic E-state index is 12.4. The zero-order valence-electron chi connectivity index (χ0n) is 16.1. The molecule has 1 amide bonds. The molecule has 0 aliphatic rings. The Kier molecular flexibility index (Phi) is 7.52. The summed E-state index contributed by atoms with van der Waals surface area (Å²) in [6, 6.07) is 15.7. The minimum absolute atomic E-state index is 0.207. The molecule has 3 aromatic rings. The normalized spacial score (nSPS) is 10.7. The SMILES string of the molecule is COc1cc(/C=N\NC(=O)c2cccc(Cl)c2)ccc1OC(=O)c1ccc(Cl)c(Cl)c1. The smallest absolute Gasteiger partial charge is 0.343 e. The third kappa shape index (κ3) is 5.98. The Morgan fingerprint density at radius 3 is 2.42 bits per heavy atom. The molecule has 0 aliphatic heterocycles. The van der Waals surface area contributed by atoms with E-state index in [0.29, 0.717) is 26.9 Å². The van der Waals surface area contributed by atoms with Gasteiger partial charge in [0.05, 0.1) is 28.9 Å². The third-order valence-electron chi connectivity index (χ3n) is 4.01. The molecule has 0 unspecified atom stereocenters. The molecule has 0 fully saturated rings. The van der Waals surface area contributed by atoms with Crippen LogP contribution in [-0.2, 0) is 0 Å². The van der Waals surface area contributed by atoms with Crippen LogP contribution in [0.4, 0.5) is 0 Å². The van der Waals surface area contributed by atoms with Crippen molar-refractivity contribution in [1.29, 1.82) is 0 Å². The highest BCUT2D eigenvalue weighted by Gasteiger charge is 2.14.